The first-order valence-electron chi connectivity index (χ1n) is 11.2. The molecule has 0 spiro atoms. The van der Waals surface area contributed by atoms with Crippen LogP contribution >= 0.6 is 0 Å². The third-order valence-corrected chi connectivity index (χ3v) is 6.27. The topological polar surface area (TPSA) is 61.2 Å². The van der Waals surface area contributed by atoms with Crippen LogP contribution in [0, 0.1) is 17.1 Å². The van der Waals surface area contributed by atoms with Gasteiger partial charge in [-0.3, -0.25) is 0 Å². The average molecular weight is 441 g/mol. The molecule has 2 aliphatic heterocycles. The normalized spacial score (nSPS) is 17.6. The molecular weight excluding hydrogens is 415 g/mol. The smallest absolute Gasteiger partial charge is 0.151 e. The van der Waals surface area contributed by atoms with Gasteiger partial charge in [-0.15, -0.1) is 0 Å². The standard InChI is InChI=1S/C27H25FN4O/c1-3-5-25-31-27-23(6-4-11-30-27)32(25)15-18-7-9-21-19(12-18)16-33-24-13-20(28)8-10-22(24)26(21)17(2)14-29/h4,6-13,25H,3,5,15-16H2,1-2H3,(H,30,31)/b26-17+. The fourth-order valence-corrected chi connectivity index (χ4v) is 4.73. The third-order valence-electron chi connectivity index (χ3n) is 6.27. The van der Waals surface area contributed by atoms with Gasteiger partial charge in [0.05, 0.1) is 11.8 Å². The first-order valence-corrected chi connectivity index (χ1v) is 11.2. The Morgan fingerprint density at radius 3 is 2.91 bits per heavy atom. The number of halogens is 1. The second-order valence-corrected chi connectivity index (χ2v) is 8.48. The number of nitrogens with zero attached hydrogens (tertiary/aromatic N) is 3. The summed E-state index contributed by atoms with van der Waals surface area (Å²) in [5.41, 5.74) is 6.30. The summed E-state index contributed by atoms with van der Waals surface area (Å²) < 4.78 is 19.9. The van der Waals surface area contributed by atoms with Gasteiger partial charge in [-0.05, 0) is 60.4 Å². The average Bonchev–Trinajstić information content (AvgIpc) is 3.07. The van der Waals surface area contributed by atoms with Crippen molar-refractivity contribution in [2.75, 3.05) is 10.2 Å². The zero-order valence-corrected chi connectivity index (χ0v) is 18.7. The lowest BCUT2D eigenvalue weighted by Gasteiger charge is -2.27. The number of rotatable bonds is 4. The summed E-state index contributed by atoms with van der Waals surface area (Å²) in [5, 5.41) is 13.2. The van der Waals surface area contributed by atoms with Crippen LogP contribution < -0.4 is 15.0 Å². The van der Waals surface area contributed by atoms with Crippen molar-refractivity contribution in [1.29, 1.82) is 5.26 Å². The van der Waals surface area contributed by atoms with Crippen molar-refractivity contribution in [2.24, 2.45) is 0 Å². The Kier molecular flexibility index (Phi) is 5.47. The molecular formula is C27H25FN4O. The zero-order valence-electron chi connectivity index (χ0n) is 18.7. The van der Waals surface area contributed by atoms with E-state index in [1.54, 1.807) is 13.0 Å². The molecule has 6 heteroatoms. The lowest BCUT2D eigenvalue weighted by molar-refractivity contribution is 0.305. The summed E-state index contributed by atoms with van der Waals surface area (Å²) in [6.45, 7) is 5.01. The van der Waals surface area contributed by atoms with Gasteiger partial charge in [-0.2, -0.15) is 5.26 Å². The Morgan fingerprint density at radius 1 is 1.24 bits per heavy atom. The minimum Gasteiger partial charge on any atom is -0.488 e. The maximum absolute atomic E-state index is 13.9. The van der Waals surface area contributed by atoms with Crippen LogP contribution in [-0.2, 0) is 13.2 Å². The van der Waals surface area contributed by atoms with E-state index in [2.05, 4.69) is 52.5 Å². The van der Waals surface area contributed by atoms with Gasteiger partial charge in [-0.1, -0.05) is 25.5 Å². The monoisotopic (exact) mass is 440 g/mol. The SMILES string of the molecule is CCCC1Nc2ncccc2N1Cc1ccc2c(c1)COc1cc(F)ccc1/C2=C(\C)C#N. The first kappa shape index (κ1) is 21.0. The van der Waals surface area contributed by atoms with Gasteiger partial charge >= 0.3 is 0 Å². The molecule has 3 heterocycles. The number of nitrogens with one attached hydrogen (secondary N) is 1. The van der Waals surface area contributed by atoms with E-state index in [4.69, 9.17) is 4.74 Å². The van der Waals surface area contributed by atoms with E-state index in [9.17, 15) is 9.65 Å². The third kappa shape index (κ3) is 3.80. The number of allylic oxidation sites excluding steroid dienone is 1. The van der Waals surface area contributed by atoms with Crippen molar-refractivity contribution in [3.8, 4) is 11.8 Å². The largest absolute Gasteiger partial charge is 0.488 e. The summed E-state index contributed by atoms with van der Waals surface area (Å²) in [5.74, 6) is 1.02. The number of hydrogen-bond donors (Lipinski definition) is 1. The van der Waals surface area contributed by atoms with E-state index in [1.807, 2.05) is 12.3 Å². The van der Waals surface area contributed by atoms with Crippen molar-refractivity contribution in [3.63, 3.8) is 0 Å². The van der Waals surface area contributed by atoms with Crippen LogP contribution in [0.15, 0.2) is 60.3 Å². The van der Waals surface area contributed by atoms with E-state index < -0.39 is 0 Å². The minimum atomic E-state index is -0.356. The molecule has 0 amide bonds. The second-order valence-electron chi connectivity index (χ2n) is 8.48. The summed E-state index contributed by atoms with van der Waals surface area (Å²) in [6, 6.07) is 17.1. The number of pyridine rings is 1. The number of anilines is 2. The van der Waals surface area contributed by atoms with Crippen LogP contribution in [0.25, 0.3) is 5.57 Å². The fourth-order valence-electron chi connectivity index (χ4n) is 4.73. The number of hydrogen-bond acceptors (Lipinski definition) is 5. The molecule has 0 fully saturated rings. The van der Waals surface area contributed by atoms with Crippen LogP contribution in [0.5, 0.6) is 5.75 Å². The first-order chi connectivity index (χ1) is 16.1. The molecule has 0 aliphatic carbocycles. The van der Waals surface area contributed by atoms with E-state index >= 15 is 0 Å². The molecule has 0 saturated heterocycles. The van der Waals surface area contributed by atoms with Gasteiger partial charge in [0, 0.05) is 35.5 Å². The quantitative estimate of drug-likeness (QED) is 0.503. The van der Waals surface area contributed by atoms with Gasteiger partial charge in [0.1, 0.15) is 24.3 Å². The van der Waals surface area contributed by atoms with Gasteiger partial charge in [0.2, 0.25) is 0 Å². The Bertz CT molecular complexity index is 1290. The van der Waals surface area contributed by atoms with Crippen molar-refractivity contribution < 1.29 is 9.13 Å². The van der Waals surface area contributed by atoms with E-state index in [1.165, 1.54) is 12.1 Å². The molecule has 1 aromatic heterocycles. The molecule has 166 valence electrons. The predicted octanol–water partition coefficient (Wildman–Crippen LogP) is 6.02. The maximum atomic E-state index is 13.9. The van der Waals surface area contributed by atoms with Crippen molar-refractivity contribution >= 4 is 17.1 Å². The molecule has 5 rings (SSSR count). The molecule has 2 aliphatic rings. The highest BCUT2D eigenvalue weighted by Crippen LogP contribution is 2.40. The van der Waals surface area contributed by atoms with Crippen molar-refractivity contribution in [2.45, 2.75) is 46.0 Å². The molecule has 5 nitrogen and oxygen atoms in total. The molecule has 1 atom stereocenters. The van der Waals surface area contributed by atoms with Gasteiger partial charge in [0.25, 0.3) is 0 Å². The van der Waals surface area contributed by atoms with E-state index in [0.29, 0.717) is 17.9 Å². The molecule has 0 saturated carbocycles. The Morgan fingerprint density at radius 2 is 2.09 bits per heavy atom. The van der Waals surface area contributed by atoms with Crippen LogP contribution in [0.4, 0.5) is 15.9 Å². The maximum Gasteiger partial charge on any atom is 0.151 e. The van der Waals surface area contributed by atoms with Crippen LogP contribution in [0.1, 0.15) is 48.9 Å². The summed E-state index contributed by atoms with van der Waals surface area (Å²) in [7, 11) is 0. The molecule has 33 heavy (non-hydrogen) atoms. The highest BCUT2D eigenvalue weighted by atomic mass is 19.1. The van der Waals surface area contributed by atoms with Gasteiger partial charge in [-0.25, -0.2) is 9.37 Å². The van der Waals surface area contributed by atoms with Crippen molar-refractivity contribution in [1.82, 2.24) is 4.98 Å². The predicted molar refractivity (Wildman–Crippen MR) is 127 cm³/mol. The minimum absolute atomic E-state index is 0.193. The number of aromatic nitrogens is 1. The lowest BCUT2D eigenvalue weighted by Crippen LogP contribution is -2.35. The second kappa shape index (κ2) is 8.59. The Balaban J connectivity index is 1.53. The highest BCUT2D eigenvalue weighted by molar-refractivity contribution is 5.88. The Hall–Kier alpha value is -3.85. The summed E-state index contributed by atoms with van der Waals surface area (Å²) in [4.78, 5) is 6.85. The van der Waals surface area contributed by atoms with Crippen LogP contribution in [-0.4, -0.2) is 11.1 Å². The zero-order chi connectivity index (χ0) is 22.9. The van der Waals surface area contributed by atoms with Crippen molar-refractivity contribution in [3.05, 3.63) is 88.4 Å². The number of ether oxygens (including phenoxy) is 1. The molecule has 1 unspecified atom stereocenters. The number of nitriles is 1. The number of fused-ring (bicyclic) bond motifs is 3. The summed E-state index contributed by atoms with van der Waals surface area (Å²) in [6.07, 6.45) is 4.08. The molecule has 0 radical (unpaired) electrons. The molecule has 1 N–H and O–H groups in total. The van der Waals surface area contributed by atoms with E-state index in [0.717, 1.165) is 58.7 Å². The number of benzene rings is 2. The Labute approximate surface area is 193 Å². The van der Waals surface area contributed by atoms with Gasteiger partial charge < -0.3 is 15.0 Å². The van der Waals surface area contributed by atoms with Gasteiger partial charge in [0.15, 0.2) is 5.82 Å². The summed E-state index contributed by atoms with van der Waals surface area (Å²) >= 11 is 0. The molecule has 2 aromatic carbocycles. The fraction of sp³-hybridized carbons (Fsp3) is 0.259. The molecule has 0 bridgehead atoms. The van der Waals surface area contributed by atoms with E-state index in [-0.39, 0.29) is 12.0 Å². The lowest BCUT2D eigenvalue weighted by atomic mass is 9.90. The van der Waals surface area contributed by atoms with Crippen LogP contribution in [0.2, 0.25) is 0 Å². The van der Waals surface area contributed by atoms with Crippen LogP contribution in [0.3, 0.4) is 0 Å². The molecule has 3 aromatic rings. The highest BCUT2D eigenvalue weighted by Gasteiger charge is 2.29.